The van der Waals surface area contributed by atoms with Crippen LogP contribution in [-0.4, -0.2) is 18.5 Å². The summed E-state index contributed by atoms with van der Waals surface area (Å²) in [6.07, 6.45) is 5.76. The van der Waals surface area contributed by atoms with Crippen molar-refractivity contribution in [1.29, 1.82) is 0 Å². The van der Waals surface area contributed by atoms with Crippen LogP contribution in [0.3, 0.4) is 0 Å². The first-order valence-electron chi connectivity index (χ1n) is 7.74. The number of hydrogen-bond donors (Lipinski definition) is 2. The fourth-order valence-corrected chi connectivity index (χ4v) is 3.39. The molecule has 1 atom stereocenters. The Kier molecular flexibility index (Phi) is 6.48. The van der Waals surface area contributed by atoms with Crippen LogP contribution in [0.25, 0.3) is 0 Å². The number of nitrogens with two attached hydrogens (primary N) is 1. The fourth-order valence-electron chi connectivity index (χ4n) is 2.83. The molecule has 1 aromatic carbocycles. The van der Waals surface area contributed by atoms with E-state index in [1.54, 1.807) is 0 Å². The minimum absolute atomic E-state index is 0.0102. The van der Waals surface area contributed by atoms with E-state index in [0.717, 1.165) is 12.8 Å². The zero-order chi connectivity index (χ0) is 16.1. The molecule has 1 aliphatic rings. The minimum Gasteiger partial charge on any atom is -0.348 e. The first-order chi connectivity index (χ1) is 10.5. The summed E-state index contributed by atoms with van der Waals surface area (Å²) in [6, 6.07) is 2.93. The lowest BCUT2D eigenvalue weighted by Crippen LogP contribution is -2.87. The number of nitrogens with one attached hydrogen (secondary N) is 1. The van der Waals surface area contributed by atoms with E-state index in [9.17, 15) is 9.18 Å². The summed E-state index contributed by atoms with van der Waals surface area (Å²) in [4.78, 5) is 12.0. The third-order valence-corrected chi connectivity index (χ3v) is 4.77. The molecule has 0 unspecified atom stereocenters. The molecule has 0 heterocycles. The molecule has 0 saturated heterocycles. The third kappa shape index (κ3) is 4.83. The largest absolute Gasteiger partial charge is 0.348 e. The van der Waals surface area contributed by atoms with Gasteiger partial charge in [0.1, 0.15) is 11.9 Å². The Labute approximate surface area is 140 Å². The number of carbonyl (C=O) groups is 1. The molecule has 0 aliphatic heterocycles. The van der Waals surface area contributed by atoms with Crippen LogP contribution >= 0.6 is 23.2 Å². The summed E-state index contributed by atoms with van der Waals surface area (Å²) in [7, 11) is 0. The van der Waals surface area contributed by atoms with Crippen molar-refractivity contribution >= 4 is 29.1 Å². The Morgan fingerprint density at radius 3 is 2.68 bits per heavy atom. The standard InChI is InChI=1S/C16H21Cl2FN2O/c1-10(12-7-15(19)14(18)8-13(12)17)20-9-16(22)21-11-5-3-2-4-6-11/h7-8,10-11,20H,2-6,9H2,1H3,(H,21,22)/p+1/t10-/m1/s1. The monoisotopic (exact) mass is 347 g/mol. The van der Waals surface area contributed by atoms with Gasteiger partial charge in [0.2, 0.25) is 0 Å². The molecule has 1 saturated carbocycles. The smallest absolute Gasteiger partial charge is 0.275 e. The van der Waals surface area contributed by atoms with E-state index in [1.807, 2.05) is 12.2 Å². The number of carbonyl (C=O) groups excluding carboxylic acids is 1. The van der Waals surface area contributed by atoms with Crippen LogP contribution in [0.2, 0.25) is 10.0 Å². The van der Waals surface area contributed by atoms with Gasteiger partial charge in [0, 0.05) is 11.6 Å². The Morgan fingerprint density at radius 2 is 2.00 bits per heavy atom. The van der Waals surface area contributed by atoms with Gasteiger partial charge in [-0.05, 0) is 31.9 Å². The van der Waals surface area contributed by atoms with Crippen molar-refractivity contribution in [2.24, 2.45) is 0 Å². The molecular weight excluding hydrogens is 326 g/mol. The van der Waals surface area contributed by atoms with Crippen LogP contribution in [-0.2, 0) is 4.79 Å². The summed E-state index contributed by atoms with van der Waals surface area (Å²) >= 11 is 11.8. The molecule has 1 aliphatic carbocycles. The second kappa shape index (κ2) is 8.14. The zero-order valence-electron chi connectivity index (χ0n) is 12.7. The fraction of sp³-hybridized carbons (Fsp3) is 0.562. The highest BCUT2D eigenvalue weighted by molar-refractivity contribution is 6.35. The maximum absolute atomic E-state index is 13.5. The molecule has 3 nitrogen and oxygen atoms in total. The molecule has 3 N–H and O–H groups in total. The Balaban J connectivity index is 1.85. The van der Waals surface area contributed by atoms with Crippen molar-refractivity contribution in [2.45, 2.75) is 51.1 Å². The molecule has 2 rings (SSSR count). The third-order valence-electron chi connectivity index (χ3n) is 4.16. The Hall–Kier alpha value is -0.840. The molecule has 22 heavy (non-hydrogen) atoms. The van der Waals surface area contributed by atoms with Gasteiger partial charge in [0.25, 0.3) is 5.91 Å². The number of halogens is 3. The van der Waals surface area contributed by atoms with E-state index >= 15 is 0 Å². The van der Waals surface area contributed by atoms with E-state index in [1.165, 1.54) is 31.4 Å². The molecule has 0 spiro atoms. The van der Waals surface area contributed by atoms with Crippen molar-refractivity contribution in [2.75, 3.05) is 6.54 Å². The van der Waals surface area contributed by atoms with Crippen LogP contribution in [0.5, 0.6) is 0 Å². The highest BCUT2D eigenvalue weighted by atomic mass is 35.5. The van der Waals surface area contributed by atoms with Crippen molar-refractivity contribution < 1.29 is 14.5 Å². The summed E-state index contributed by atoms with van der Waals surface area (Å²) in [5, 5.41) is 5.35. The summed E-state index contributed by atoms with van der Waals surface area (Å²) in [5.74, 6) is -0.475. The molecule has 122 valence electrons. The lowest BCUT2D eigenvalue weighted by molar-refractivity contribution is -0.682. The van der Waals surface area contributed by atoms with Crippen LogP contribution in [0.15, 0.2) is 12.1 Å². The SMILES string of the molecule is C[C@@H]([NH2+]CC(=O)NC1CCCCC1)c1cc(F)c(Cl)cc1Cl. The summed E-state index contributed by atoms with van der Waals surface area (Å²) in [6.45, 7) is 2.20. The highest BCUT2D eigenvalue weighted by Gasteiger charge is 2.19. The molecule has 0 radical (unpaired) electrons. The molecule has 0 bridgehead atoms. The van der Waals surface area contributed by atoms with Gasteiger partial charge in [-0.1, -0.05) is 42.5 Å². The zero-order valence-corrected chi connectivity index (χ0v) is 14.2. The number of amides is 1. The molecule has 0 aromatic heterocycles. The first kappa shape index (κ1) is 17.5. The van der Waals surface area contributed by atoms with E-state index in [4.69, 9.17) is 23.2 Å². The van der Waals surface area contributed by atoms with Gasteiger partial charge in [-0.3, -0.25) is 4.79 Å². The van der Waals surface area contributed by atoms with E-state index < -0.39 is 5.82 Å². The highest BCUT2D eigenvalue weighted by Crippen LogP contribution is 2.27. The van der Waals surface area contributed by atoms with Gasteiger partial charge in [0.05, 0.1) is 10.0 Å². The van der Waals surface area contributed by atoms with Gasteiger partial charge in [-0.15, -0.1) is 0 Å². The molecular formula is C16H22Cl2FN2O+. The average Bonchev–Trinajstić information content (AvgIpc) is 2.49. The van der Waals surface area contributed by atoms with Gasteiger partial charge in [-0.2, -0.15) is 0 Å². The minimum atomic E-state index is -0.493. The van der Waals surface area contributed by atoms with Crippen molar-refractivity contribution in [1.82, 2.24) is 5.32 Å². The molecule has 1 aromatic rings. The maximum Gasteiger partial charge on any atom is 0.275 e. The number of benzene rings is 1. The van der Waals surface area contributed by atoms with Crippen molar-refractivity contribution in [3.8, 4) is 0 Å². The Morgan fingerprint density at radius 1 is 1.32 bits per heavy atom. The van der Waals surface area contributed by atoms with Crippen LogP contribution in [0, 0.1) is 5.82 Å². The topological polar surface area (TPSA) is 45.7 Å². The van der Waals surface area contributed by atoms with Gasteiger partial charge < -0.3 is 10.6 Å². The predicted octanol–water partition coefficient (Wildman–Crippen LogP) is 3.21. The normalized spacial score (nSPS) is 17.3. The number of hydrogen-bond acceptors (Lipinski definition) is 1. The van der Waals surface area contributed by atoms with Gasteiger partial charge in [-0.25, -0.2) is 4.39 Å². The number of rotatable bonds is 5. The van der Waals surface area contributed by atoms with Crippen molar-refractivity contribution in [3.63, 3.8) is 0 Å². The Bertz CT molecular complexity index is 533. The van der Waals surface area contributed by atoms with E-state index in [0.29, 0.717) is 23.2 Å². The lowest BCUT2D eigenvalue weighted by atomic mass is 9.95. The molecule has 6 heteroatoms. The van der Waals surface area contributed by atoms with E-state index in [-0.39, 0.29) is 17.0 Å². The van der Waals surface area contributed by atoms with Gasteiger partial charge >= 0.3 is 0 Å². The summed E-state index contributed by atoms with van der Waals surface area (Å²) < 4.78 is 13.5. The quantitative estimate of drug-likeness (QED) is 0.789. The second-order valence-electron chi connectivity index (χ2n) is 5.92. The maximum atomic E-state index is 13.5. The van der Waals surface area contributed by atoms with Crippen LogP contribution in [0.1, 0.15) is 50.6 Å². The number of quaternary nitrogens is 1. The second-order valence-corrected chi connectivity index (χ2v) is 6.73. The molecule has 1 fully saturated rings. The van der Waals surface area contributed by atoms with Gasteiger partial charge in [0.15, 0.2) is 6.54 Å². The lowest BCUT2D eigenvalue weighted by Gasteiger charge is -2.22. The van der Waals surface area contributed by atoms with Crippen LogP contribution < -0.4 is 10.6 Å². The predicted molar refractivity (Wildman–Crippen MR) is 86.6 cm³/mol. The van der Waals surface area contributed by atoms with Crippen LogP contribution in [0.4, 0.5) is 4.39 Å². The summed E-state index contributed by atoms with van der Waals surface area (Å²) in [5.41, 5.74) is 0.647. The van der Waals surface area contributed by atoms with Crippen molar-refractivity contribution in [3.05, 3.63) is 33.6 Å². The average molecular weight is 348 g/mol. The molecule has 1 amide bonds. The van der Waals surface area contributed by atoms with E-state index in [2.05, 4.69) is 5.32 Å². The first-order valence-corrected chi connectivity index (χ1v) is 8.50.